The molecule has 0 bridgehead atoms. The molecule has 0 fully saturated rings. The van der Waals surface area contributed by atoms with Gasteiger partial charge in [0.15, 0.2) is 0 Å². The van der Waals surface area contributed by atoms with Crippen LogP contribution in [0.15, 0.2) is 58.3 Å². The summed E-state index contributed by atoms with van der Waals surface area (Å²) in [5.41, 5.74) is 10.4. The monoisotopic (exact) mass is 368 g/mol. The number of anilines is 2. The van der Waals surface area contributed by atoms with Crippen molar-refractivity contribution in [1.82, 2.24) is 0 Å². The van der Waals surface area contributed by atoms with Gasteiger partial charge in [0.25, 0.3) is 0 Å². The second-order valence-electron chi connectivity index (χ2n) is 3.98. The molecule has 0 aliphatic heterocycles. The van der Waals surface area contributed by atoms with Crippen LogP contribution in [-0.4, -0.2) is 49.0 Å². The maximum atomic E-state index is 10.4. The normalized spacial score (nSPS) is 10.9. The molecular formula is C12H12MgN2O6S2. The number of para-hydroxylation sites is 2. The van der Waals surface area contributed by atoms with Crippen molar-refractivity contribution in [3.63, 3.8) is 0 Å². The maximum absolute atomic E-state index is 10.4. The van der Waals surface area contributed by atoms with E-state index >= 15 is 0 Å². The van der Waals surface area contributed by atoms with Crippen molar-refractivity contribution in [1.29, 1.82) is 0 Å². The molecule has 0 saturated heterocycles. The van der Waals surface area contributed by atoms with Crippen molar-refractivity contribution in [3.05, 3.63) is 48.5 Å². The van der Waals surface area contributed by atoms with Gasteiger partial charge in [0.05, 0.1) is 9.79 Å². The molecule has 0 aliphatic carbocycles. The first-order chi connectivity index (χ1) is 10.0. The molecule has 0 unspecified atom stereocenters. The van der Waals surface area contributed by atoms with Gasteiger partial charge in [-0.3, -0.25) is 0 Å². The predicted octanol–water partition coefficient (Wildman–Crippen LogP) is -0.0350. The average Bonchev–Trinajstić information content (AvgIpc) is 2.37. The van der Waals surface area contributed by atoms with Crippen LogP contribution in [0.1, 0.15) is 0 Å². The van der Waals surface area contributed by atoms with Crippen molar-refractivity contribution in [2.24, 2.45) is 0 Å². The van der Waals surface area contributed by atoms with E-state index in [2.05, 4.69) is 0 Å². The molecule has 8 nitrogen and oxygen atoms in total. The molecule has 2 aromatic rings. The van der Waals surface area contributed by atoms with E-state index in [-0.39, 0.29) is 44.2 Å². The maximum Gasteiger partial charge on any atom is 2.00 e. The fraction of sp³-hybridized carbons (Fsp3) is 0. The van der Waals surface area contributed by atoms with E-state index in [4.69, 9.17) is 11.5 Å². The molecule has 11 heteroatoms. The van der Waals surface area contributed by atoms with Crippen LogP contribution in [0.4, 0.5) is 11.4 Å². The van der Waals surface area contributed by atoms with E-state index in [1.807, 2.05) is 0 Å². The smallest absolute Gasteiger partial charge is 0.744 e. The van der Waals surface area contributed by atoms with Crippen molar-refractivity contribution in [3.8, 4) is 0 Å². The van der Waals surface area contributed by atoms with Gasteiger partial charge in [0, 0.05) is 11.4 Å². The van der Waals surface area contributed by atoms with E-state index in [1.165, 1.54) is 36.4 Å². The van der Waals surface area contributed by atoms with Crippen molar-refractivity contribution >= 4 is 54.7 Å². The molecule has 2 rings (SSSR count). The average molecular weight is 369 g/mol. The topological polar surface area (TPSA) is 166 Å². The number of hydrogen-bond acceptors (Lipinski definition) is 8. The van der Waals surface area contributed by atoms with Gasteiger partial charge in [-0.2, -0.15) is 0 Å². The van der Waals surface area contributed by atoms with Crippen LogP contribution in [0.25, 0.3) is 0 Å². The summed E-state index contributed by atoms with van der Waals surface area (Å²) in [4.78, 5) is -0.722. The molecule has 4 N–H and O–H groups in total. The fourth-order valence-corrected chi connectivity index (χ4v) is 2.62. The summed E-state index contributed by atoms with van der Waals surface area (Å²) in [6.07, 6.45) is 0. The Morgan fingerprint density at radius 3 is 1.09 bits per heavy atom. The molecular weight excluding hydrogens is 357 g/mol. The minimum atomic E-state index is -4.41. The largest absolute Gasteiger partial charge is 2.00 e. The molecule has 2 aromatic carbocycles. The quantitative estimate of drug-likeness (QED) is 0.423. The first kappa shape index (κ1) is 21.6. The predicted molar refractivity (Wildman–Crippen MR) is 83.4 cm³/mol. The fourth-order valence-electron chi connectivity index (χ4n) is 1.42. The summed E-state index contributed by atoms with van der Waals surface area (Å²) in [5.74, 6) is 0. The van der Waals surface area contributed by atoms with Crippen LogP contribution in [0.5, 0.6) is 0 Å². The van der Waals surface area contributed by atoms with Gasteiger partial charge in [-0.1, -0.05) is 24.3 Å². The molecule has 0 spiro atoms. The zero-order valence-corrected chi connectivity index (χ0v) is 14.8. The van der Waals surface area contributed by atoms with Crippen molar-refractivity contribution in [2.45, 2.75) is 9.79 Å². The summed E-state index contributed by atoms with van der Waals surface area (Å²) in [6, 6.07) is 11.1. The Hall–Kier alpha value is -1.37. The number of nitrogen functional groups attached to an aromatic ring is 2. The van der Waals surface area contributed by atoms with Crippen LogP contribution in [-0.2, 0) is 20.2 Å². The van der Waals surface area contributed by atoms with Crippen molar-refractivity contribution in [2.75, 3.05) is 11.5 Å². The molecule has 0 aromatic heterocycles. The number of nitrogens with two attached hydrogens (primary N) is 2. The van der Waals surface area contributed by atoms with Crippen LogP contribution in [0.3, 0.4) is 0 Å². The van der Waals surface area contributed by atoms with Gasteiger partial charge in [-0.05, 0) is 24.3 Å². The molecule has 0 aliphatic rings. The minimum absolute atomic E-state index is 0. The second kappa shape index (κ2) is 8.47. The van der Waals surface area contributed by atoms with E-state index in [0.29, 0.717) is 0 Å². The van der Waals surface area contributed by atoms with Gasteiger partial charge in [-0.15, -0.1) is 0 Å². The number of rotatable bonds is 2. The Bertz CT molecular complexity index is 795. The summed E-state index contributed by atoms with van der Waals surface area (Å²) < 4.78 is 62.5. The first-order valence-corrected chi connectivity index (χ1v) is 8.46. The Labute approximate surface area is 150 Å². The number of hydrogen-bond donors (Lipinski definition) is 2. The zero-order valence-electron chi connectivity index (χ0n) is 11.7. The van der Waals surface area contributed by atoms with Gasteiger partial charge in [0.2, 0.25) is 0 Å². The van der Waals surface area contributed by atoms with Crippen LogP contribution >= 0.6 is 0 Å². The Kier molecular flexibility index (Phi) is 7.96. The van der Waals surface area contributed by atoms with Gasteiger partial charge in [0.1, 0.15) is 20.2 Å². The molecule has 120 valence electrons. The molecule has 23 heavy (non-hydrogen) atoms. The Morgan fingerprint density at radius 2 is 0.913 bits per heavy atom. The summed E-state index contributed by atoms with van der Waals surface area (Å²) >= 11 is 0. The minimum Gasteiger partial charge on any atom is -0.744 e. The van der Waals surface area contributed by atoms with Gasteiger partial charge >= 0.3 is 23.1 Å². The summed E-state index contributed by atoms with van der Waals surface area (Å²) in [7, 11) is -8.82. The molecule has 0 atom stereocenters. The third-order valence-electron chi connectivity index (χ3n) is 2.38. The van der Waals surface area contributed by atoms with E-state index in [9.17, 15) is 25.9 Å². The van der Waals surface area contributed by atoms with E-state index in [1.54, 1.807) is 12.1 Å². The standard InChI is InChI=1S/2C6H7NO3S.Mg/c2*7-5-3-1-2-4-6(5)11(8,9)10;/h2*1-4H,7H2,(H,8,9,10);/q;;+2/p-2. The third kappa shape index (κ3) is 6.72. The third-order valence-corrected chi connectivity index (χ3v) is 4.20. The zero-order chi connectivity index (χ0) is 17.0. The van der Waals surface area contributed by atoms with E-state index < -0.39 is 20.2 Å². The van der Waals surface area contributed by atoms with Crippen molar-refractivity contribution < 1.29 is 25.9 Å². The van der Waals surface area contributed by atoms with Crippen LogP contribution < -0.4 is 11.5 Å². The Morgan fingerprint density at radius 1 is 0.652 bits per heavy atom. The Balaban J connectivity index is 0.000000403. The van der Waals surface area contributed by atoms with Crippen LogP contribution in [0, 0.1) is 0 Å². The first-order valence-electron chi connectivity index (χ1n) is 5.64. The SMILES string of the molecule is Nc1ccccc1S(=O)(=O)[O-].Nc1ccccc1S(=O)(=O)[O-].[Mg+2]. The second-order valence-corrected chi connectivity index (χ2v) is 6.68. The van der Waals surface area contributed by atoms with E-state index in [0.717, 1.165) is 0 Å². The summed E-state index contributed by atoms with van der Waals surface area (Å²) in [5, 5.41) is 0. The molecule has 0 heterocycles. The molecule has 0 saturated carbocycles. The van der Waals surface area contributed by atoms with Gasteiger partial charge in [-0.25, -0.2) is 16.8 Å². The molecule has 0 amide bonds. The van der Waals surface area contributed by atoms with Gasteiger partial charge < -0.3 is 20.6 Å². The van der Waals surface area contributed by atoms with Crippen LogP contribution in [0.2, 0.25) is 0 Å². The number of benzene rings is 2. The summed E-state index contributed by atoms with van der Waals surface area (Å²) in [6.45, 7) is 0. The molecule has 0 radical (unpaired) electrons.